The highest BCUT2D eigenvalue weighted by Gasteiger charge is 2.29. The Kier molecular flexibility index (Phi) is 8.51. The number of hydrogen-bond acceptors (Lipinski definition) is 4. The van der Waals surface area contributed by atoms with Gasteiger partial charge in [-0.3, -0.25) is 9.59 Å². The summed E-state index contributed by atoms with van der Waals surface area (Å²) in [6, 6.07) is 18.8. The monoisotopic (exact) mass is 422 g/mol. The van der Waals surface area contributed by atoms with Crippen LogP contribution in [0.5, 0.6) is 0 Å². The Bertz CT molecular complexity index is 845. The molecule has 5 heteroatoms. The molecule has 0 unspecified atom stereocenters. The van der Waals surface area contributed by atoms with E-state index in [9.17, 15) is 9.59 Å². The molecule has 0 saturated carbocycles. The standard InChI is InChI=1S/C26H34N2O3/c1-3-21-11-7-8-14-24(21)27-19-17-23(18-20-27)28(22-12-5-4-6-13-22)25(29)15-9-10-16-26(30)31-2/h4-8,11-14,23H,3,9-10,15-20H2,1-2H3. The maximum Gasteiger partial charge on any atom is 0.305 e. The third kappa shape index (κ3) is 6.09. The number of aryl methyl sites for hydroxylation is 1. The van der Waals surface area contributed by atoms with Crippen molar-refractivity contribution in [2.45, 2.75) is 57.9 Å². The van der Waals surface area contributed by atoms with Gasteiger partial charge in [0.2, 0.25) is 5.91 Å². The van der Waals surface area contributed by atoms with E-state index in [1.54, 1.807) is 0 Å². The quantitative estimate of drug-likeness (QED) is 0.422. The molecule has 31 heavy (non-hydrogen) atoms. The molecule has 0 radical (unpaired) electrons. The van der Waals surface area contributed by atoms with Crippen molar-refractivity contribution in [2.24, 2.45) is 0 Å². The second-order valence-electron chi connectivity index (χ2n) is 8.08. The number of hydrogen-bond donors (Lipinski definition) is 0. The number of anilines is 2. The summed E-state index contributed by atoms with van der Waals surface area (Å²) in [6.07, 6.45) is 5.10. The van der Waals surface area contributed by atoms with Crippen molar-refractivity contribution in [2.75, 3.05) is 30.0 Å². The molecule has 3 rings (SSSR count). The highest BCUT2D eigenvalue weighted by Crippen LogP contribution is 2.29. The summed E-state index contributed by atoms with van der Waals surface area (Å²) in [5.74, 6) is -0.0735. The molecule has 2 aromatic rings. The van der Waals surface area contributed by atoms with Gasteiger partial charge in [-0.25, -0.2) is 0 Å². The lowest BCUT2D eigenvalue weighted by Gasteiger charge is -2.40. The largest absolute Gasteiger partial charge is 0.469 e. The zero-order valence-electron chi connectivity index (χ0n) is 18.8. The van der Waals surface area contributed by atoms with Gasteiger partial charge in [0.1, 0.15) is 0 Å². The zero-order chi connectivity index (χ0) is 22.1. The molecule has 1 amide bonds. The van der Waals surface area contributed by atoms with E-state index in [-0.39, 0.29) is 17.9 Å². The number of ether oxygens (including phenoxy) is 1. The molecule has 1 fully saturated rings. The minimum Gasteiger partial charge on any atom is -0.469 e. The Morgan fingerprint density at radius 3 is 2.29 bits per heavy atom. The Morgan fingerprint density at radius 2 is 1.61 bits per heavy atom. The number of esters is 1. The van der Waals surface area contributed by atoms with Crippen LogP contribution in [0, 0.1) is 0 Å². The van der Waals surface area contributed by atoms with E-state index in [0.29, 0.717) is 25.7 Å². The van der Waals surface area contributed by atoms with Crippen molar-refractivity contribution in [3.63, 3.8) is 0 Å². The molecule has 1 saturated heterocycles. The van der Waals surface area contributed by atoms with Crippen LogP contribution in [0.15, 0.2) is 54.6 Å². The SMILES string of the molecule is CCc1ccccc1N1CCC(N(C(=O)CCCCC(=O)OC)c2ccccc2)CC1. The molecule has 0 spiro atoms. The van der Waals surface area contributed by atoms with Crippen molar-refractivity contribution in [3.8, 4) is 0 Å². The van der Waals surface area contributed by atoms with Gasteiger partial charge in [-0.2, -0.15) is 0 Å². The van der Waals surface area contributed by atoms with Gasteiger partial charge in [-0.15, -0.1) is 0 Å². The molecule has 0 atom stereocenters. The Balaban J connectivity index is 1.65. The fourth-order valence-electron chi connectivity index (χ4n) is 4.40. The van der Waals surface area contributed by atoms with E-state index in [1.165, 1.54) is 18.4 Å². The third-order valence-corrected chi connectivity index (χ3v) is 6.10. The molecule has 1 heterocycles. The summed E-state index contributed by atoms with van der Waals surface area (Å²) in [5.41, 5.74) is 3.67. The topological polar surface area (TPSA) is 49.9 Å². The number of para-hydroxylation sites is 2. The van der Waals surface area contributed by atoms with Crippen LogP contribution in [0.25, 0.3) is 0 Å². The first-order chi connectivity index (χ1) is 15.1. The summed E-state index contributed by atoms with van der Waals surface area (Å²) < 4.78 is 4.69. The van der Waals surface area contributed by atoms with E-state index in [1.807, 2.05) is 35.2 Å². The van der Waals surface area contributed by atoms with Crippen molar-refractivity contribution in [3.05, 3.63) is 60.2 Å². The van der Waals surface area contributed by atoms with E-state index in [0.717, 1.165) is 38.0 Å². The first-order valence-electron chi connectivity index (χ1n) is 11.4. The van der Waals surface area contributed by atoms with Gasteiger partial charge in [0, 0.05) is 43.3 Å². The Hall–Kier alpha value is -2.82. The molecule has 5 nitrogen and oxygen atoms in total. The molecule has 0 aliphatic carbocycles. The van der Waals surface area contributed by atoms with Crippen molar-refractivity contribution in [1.82, 2.24) is 0 Å². The normalized spacial score (nSPS) is 14.3. The lowest BCUT2D eigenvalue weighted by molar-refractivity contribution is -0.140. The molecule has 166 valence electrons. The first kappa shape index (κ1) is 22.9. The van der Waals surface area contributed by atoms with Crippen LogP contribution >= 0.6 is 0 Å². The summed E-state index contributed by atoms with van der Waals surface area (Å²) in [6.45, 7) is 4.09. The minimum absolute atomic E-state index is 0.142. The fourth-order valence-corrected chi connectivity index (χ4v) is 4.40. The number of amides is 1. The number of unbranched alkanes of at least 4 members (excludes halogenated alkanes) is 1. The lowest BCUT2D eigenvalue weighted by Crippen LogP contribution is -2.48. The van der Waals surface area contributed by atoms with Gasteiger partial charge < -0.3 is 14.5 Å². The van der Waals surface area contributed by atoms with Crippen LogP contribution in [-0.4, -0.2) is 38.1 Å². The number of methoxy groups -OCH3 is 1. The highest BCUT2D eigenvalue weighted by atomic mass is 16.5. The van der Waals surface area contributed by atoms with Gasteiger partial charge in [-0.05, 0) is 55.9 Å². The van der Waals surface area contributed by atoms with E-state index in [4.69, 9.17) is 4.74 Å². The van der Waals surface area contributed by atoms with Gasteiger partial charge in [0.25, 0.3) is 0 Å². The third-order valence-electron chi connectivity index (χ3n) is 6.10. The second kappa shape index (κ2) is 11.5. The number of benzene rings is 2. The van der Waals surface area contributed by atoms with E-state index in [2.05, 4.69) is 36.1 Å². The van der Waals surface area contributed by atoms with Crippen molar-refractivity contribution in [1.29, 1.82) is 0 Å². The summed E-state index contributed by atoms with van der Waals surface area (Å²) in [7, 11) is 1.40. The smallest absolute Gasteiger partial charge is 0.305 e. The molecule has 2 aromatic carbocycles. The molecule has 1 aliphatic heterocycles. The van der Waals surface area contributed by atoms with Gasteiger partial charge in [0.05, 0.1) is 7.11 Å². The molecule has 1 aliphatic rings. The van der Waals surface area contributed by atoms with Crippen molar-refractivity contribution >= 4 is 23.3 Å². The second-order valence-corrected chi connectivity index (χ2v) is 8.08. The average molecular weight is 423 g/mol. The molecule has 0 N–H and O–H groups in total. The number of carbonyl (C=O) groups excluding carboxylic acids is 2. The number of rotatable bonds is 9. The van der Waals surface area contributed by atoms with E-state index >= 15 is 0 Å². The molecule has 0 bridgehead atoms. The summed E-state index contributed by atoms with van der Waals surface area (Å²) >= 11 is 0. The predicted octanol–water partition coefficient (Wildman–Crippen LogP) is 4.98. The maximum atomic E-state index is 13.2. The first-order valence-corrected chi connectivity index (χ1v) is 11.4. The predicted molar refractivity (Wildman–Crippen MR) is 125 cm³/mol. The van der Waals surface area contributed by atoms with Crippen LogP contribution < -0.4 is 9.80 Å². The fraction of sp³-hybridized carbons (Fsp3) is 0.462. The van der Waals surface area contributed by atoms with Crippen molar-refractivity contribution < 1.29 is 14.3 Å². The van der Waals surface area contributed by atoms with Gasteiger partial charge in [0.15, 0.2) is 0 Å². The minimum atomic E-state index is -0.216. The maximum absolute atomic E-state index is 13.2. The van der Waals surface area contributed by atoms with Crippen LogP contribution in [0.4, 0.5) is 11.4 Å². The molecular formula is C26H34N2O3. The van der Waals surface area contributed by atoms with Crippen LogP contribution in [-0.2, 0) is 20.7 Å². The number of carbonyl (C=O) groups is 2. The molecule has 0 aromatic heterocycles. The number of piperidine rings is 1. The summed E-state index contributed by atoms with van der Waals surface area (Å²) in [4.78, 5) is 29.0. The highest BCUT2D eigenvalue weighted by molar-refractivity contribution is 5.94. The van der Waals surface area contributed by atoms with Gasteiger partial charge in [-0.1, -0.05) is 43.3 Å². The van der Waals surface area contributed by atoms with Crippen LogP contribution in [0.1, 0.15) is 51.0 Å². The Morgan fingerprint density at radius 1 is 0.968 bits per heavy atom. The van der Waals surface area contributed by atoms with Crippen LogP contribution in [0.2, 0.25) is 0 Å². The Labute approximate surface area is 186 Å². The number of nitrogens with zero attached hydrogens (tertiary/aromatic N) is 2. The van der Waals surface area contributed by atoms with E-state index < -0.39 is 0 Å². The summed E-state index contributed by atoms with van der Waals surface area (Å²) in [5, 5.41) is 0. The molecular weight excluding hydrogens is 388 g/mol. The average Bonchev–Trinajstić information content (AvgIpc) is 2.83. The van der Waals surface area contributed by atoms with Crippen LogP contribution in [0.3, 0.4) is 0 Å². The zero-order valence-corrected chi connectivity index (χ0v) is 18.8. The van der Waals surface area contributed by atoms with Gasteiger partial charge >= 0.3 is 5.97 Å². The lowest BCUT2D eigenvalue weighted by atomic mass is 9.99.